The Labute approximate surface area is 182 Å². The van der Waals surface area contributed by atoms with Crippen LogP contribution in [0.5, 0.6) is 0 Å². The molecule has 1 aliphatic heterocycles. The number of hydrogen-bond acceptors (Lipinski definition) is 4. The molecular formula is C24H29N3O2S. The molecular weight excluding hydrogens is 394 g/mol. The quantitative estimate of drug-likeness (QED) is 0.731. The minimum atomic E-state index is -0.0502. The van der Waals surface area contributed by atoms with Crippen molar-refractivity contribution >= 4 is 40.6 Å². The molecule has 1 N–H and O–H groups in total. The Kier molecular flexibility index (Phi) is 6.32. The van der Waals surface area contributed by atoms with E-state index in [4.69, 9.17) is 0 Å². The van der Waals surface area contributed by atoms with E-state index in [0.29, 0.717) is 5.75 Å². The Bertz CT molecular complexity index is 890. The molecule has 0 spiro atoms. The van der Waals surface area contributed by atoms with Crippen molar-refractivity contribution in [1.29, 1.82) is 0 Å². The van der Waals surface area contributed by atoms with Crippen LogP contribution in [0.25, 0.3) is 0 Å². The molecule has 2 aromatic carbocycles. The number of rotatable bonds is 5. The van der Waals surface area contributed by atoms with Gasteiger partial charge in [0.2, 0.25) is 11.8 Å². The van der Waals surface area contributed by atoms with Gasteiger partial charge in [-0.15, -0.1) is 11.8 Å². The minimum Gasteiger partial charge on any atom is -0.378 e. The topological polar surface area (TPSA) is 52.6 Å². The molecule has 0 aromatic heterocycles. The summed E-state index contributed by atoms with van der Waals surface area (Å²) >= 11 is 1.64. The molecule has 5 nitrogen and oxygen atoms in total. The van der Waals surface area contributed by atoms with Crippen molar-refractivity contribution in [3.8, 4) is 0 Å². The molecule has 2 aromatic rings. The first-order valence-electron chi connectivity index (χ1n) is 10.6. The highest BCUT2D eigenvalue weighted by Crippen LogP contribution is 2.42. The van der Waals surface area contributed by atoms with E-state index < -0.39 is 0 Å². The second-order valence-electron chi connectivity index (χ2n) is 8.28. The number of thioether (sulfide) groups is 1. The molecule has 1 saturated heterocycles. The fraction of sp³-hybridized carbons (Fsp3) is 0.417. The van der Waals surface area contributed by atoms with E-state index in [0.717, 1.165) is 48.3 Å². The predicted molar refractivity (Wildman–Crippen MR) is 125 cm³/mol. The van der Waals surface area contributed by atoms with Crippen LogP contribution in [-0.2, 0) is 9.59 Å². The van der Waals surface area contributed by atoms with E-state index in [1.165, 1.54) is 6.42 Å². The van der Waals surface area contributed by atoms with Crippen LogP contribution in [0, 0.1) is 5.92 Å². The number of amides is 2. The van der Waals surface area contributed by atoms with Crippen molar-refractivity contribution < 1.29 is 9.59 Å². The van der Waals surface area contributed by atoms with Crippen molar-refractivity contribution in [3.05, 3.63) is 54.1 Å². The third-order valence-electron chi connectivity index (χ3n) is 5.95. The molecule has 2 amide bonds. The molecule has 2 fully saturated rings. The first-order valence-corrected chi connectivity index (χ1v) is 11.7. The van der Waals surface area contributed by atoms with Crippen LogP contribution >= 0.6 is 11.8 Å². The third kappa shape index (κ3) is 4.48. The van der Waals surface area contributed by atoms with Crippen LogP contribution in [0.2, 0.25) is 0 Å². The maximum atomic E-state index is 12.6. The van der Waals surface area contributed by atoms with Gasteiger partial charge in [0.15, 0.2) is 0 Å². The summed E-state index contributed by atoms with van der Waals surface area (Å²) in [5.74, 6) is 0.870. The van der Waals surface area contributed by atoms with E-state index in [1.54, 1.807) is 11.8 Å². The van der Waals surface area contributed by atoms with Gasteiger partial charge in [-0.1, -0.05) is 31.4 Å². The van der Waals surface area contributed by atoms with Gasteiger partial charge in [-0.25, -0.2) is 0 Å². The number of carbonyl (C=O) groups is 2. The Morgan fingerprint density at radius 2 is 1.67 bits per heavy atom. The largest absolute Gasteiger partial charge is 0.378 e. The average molecular weight is 424 g/mol. The van der Waals surface area contributed by atoms with E-state index in [9.17, 15) is 9.59 Å². The number of benzene rings is 2. The van der Waals surface area contributed by atoms with Gasteiger partial charge >= 0.3 is 0 Å². The second-order valence-corrected chi connectivity index (χ2v) is 9.35. The van der Waals surface area contributed by atoms with E-state index in [1.807, 2.05) is 72.4 Å². The summed E-state index contributed by atoms with van der Waals surface area (Å²) in [6, 6.07) is 16.0. The van der Waals surface area contributed by atoms with Crippen molar-refractivity contribution in [2.24, 2.45) is 5.92 Å². The molecule has 4 rings (SSSR count). The van der Waals surface area contributed by atoms with Crippen LogP contribution < -0.4 is 15.1 Å². The second kappa shape index (κ2) is 9.13. The number of nitrogens with zero attached hydrogens (tertiary/aromatic N) is 2. The fourth-order valence-corrected chi connectivity index (χ4v) is 5.38. The fourth-order valence-electron chi connectivity index (χ4n) is 4.20. The lowest BCUT2D eigenvalue weighted by molar-refractivity contribution is -0.120. The van der Waals surface area contributed by atoms with Gasteiger partial charge in [-0.2, -0.15) is 0 Å². The maximum Gasteiger partial charge on any atom is 0.238 e. The van der Waals surface area contributed by atoms with Crippen molar-refractivity contribution in [1.82, 2.24) is 0 Å². The first kappa shape index (κ1) is 20.8. The summed E-state index contributed by atoms with van der Waals surface area (Å²) in [4.78, 5) is 29.0. The lowest BCUT2D eigenvalue weighted by atomic mass is 9.88. The molecule has 1 aliphatic carbocycles. The van der Waals surface area contributed by atoms with Gasteiger partial charge in [-0.05, 0) is 54.8 Å². The third-order valence-corrected chi connectivity index (χ3v) is 7.16. The molecule has 1 heterocycles. The molecule has 2 aliphatic rings. The highest BCUT2D eigenvalue weighted by molar-refractivity contribution is 8.00. The van der Waals surface area contributed by atoms with Crippen molar-refractivity contribution in [2.45, 2.75) is 37.5 Å². The molecule has 1 atom stereocenters. The van der Waals surface area contributed by atoms with Gasteiger partial charge < -0.3 is 10.2 Å². The monoisotopic (exact) mass is 423 g/mol. The number of carbonyl (C=O) groups excluding carboxylic acids is 2. The summed E-state index contributed by atoms with van der Waals surface area (Å²) in [5, 5.41) is 3.02. The van der Waals surface area contributed by atoms with Crippen LogP contribution in [0.1, 0.15) is 43.0 Å². The zero-order valence-electron chi connectivity index (χ0n) is 17.6. The van der Waals surface area contributed by atoms with Crippen LogP contribution in [0.15, 0.2) is 48.5 Å². The SMILES string of the molecule is CN(C)c1ccc(N2C(=O)CSC2c2ccc(NC(=O)C3CCCCC3)cc2)cc1. The molecule has 30 heavy (non-hydrogen) atoms. The van der Waals surface area contributed by atoms with Crippen molar-refractivity contribution in [3.63, 3.8) is 0 Å². The maximum absolute atomic E-state index is 12.6. The summed E-state index contributed by atoms with van der Waals surface area (Å²) < 4.78 is 0. The molecule has 1 saturated carbocycles. The summed E-state index contributed by atoms with van der Waals surface area (Å²) in [5.41, 5.74) is 3.91. The van der Waals surface area contributed by atoms with Gasteiger partial charge in [-0.3, -0.25) is 14.5 Å². The smallest absolute Gasteiger partial charge is 0.238 e. The minimum absolute atomic E-state index is 0.0502. The Hall–Kier alpha value is -2.47. The number of nitrogens with one attached hydrogen (secondary N) is 1. The summed E-state index contributed by atoms with van der Waals surface area (Å²) in [7, 11) is 4.01. The number of anilines is 3. The lowest BCUT2D eigenvalue weighted by Gasteiger charge is -2.25. The van der Waals surface area contributed by atoms with Gasteiger partial charge in [0.05, 0.1) is 5.75 Å². The van der Waals surface area contributed by atoms with Crippen LogP contribution in [-0.4, -0.2) is 31.7 Å². The molecule has 0 radical (unpaired) electrons. The first-order chi connectivity index (χ1) is 14.5. The Balaban J connectivity index is 1.47. The normalized spacial score (nSPS) is 19.7. The average Bonchev–Trinajstić information content (AvgIpc) is 3.16. The number of hydrogen-bond donors (Lipinski definition) is 1. The van der Waals surface area contributed by atoms with E-state index in [2.05, 4.69) is 5.32 Å². The Morgan fingerprint density at radius 3 is 2.30 bits per heavy atom. The molecule has 158 valence electrons. The Morgan fingerprint density at radius 1 is 1.00 bits per heavy atom. The highest BCUT2D eigenvalue weighted by Gasteiger charge is 2.34. The molecule has 0 bridgehead atoms. The van der Waals surface area contributed by atoms with Crippen LogP contribution in [0.4, 0.5) is 17.1 Å². The van der Waals surface area contributed by atoms with Gasteiger partial charge in [0, 0.05) is 37.1 Å². The standard InChI is InChI=1S/C24H29N3O2S/c1-26(2)20-12-14-21(15-13-20)27-22(28)16-30-24(27)18-8-10-19(11-9-18)25-23(29)17-6-4-3-5-7-17/h8-15,17,24H,3-7,16H2,1-2H3,(H,25,29). The predicted octanol–water partition coefficient (Wildman–Crippen LogP) is 5.05. The van der Waals surface area contributed by atoms with Gasteiger partial charge in [0.1, 0.15) is 5.37 Å². The summed E-state index contributed by atoms with van der Waals surface area (Å²) in [6.07, 6.45) is 5.52. The zero-order chi connectivity index (χ0) is 21.1. The van der Waals surface area contributed by atoms with Crippen molar-refractivity contribution in [2.75, 3.05) is 35.0 Å². The molecule has 6 heteroatoms. The van der Waals surface area contributed by atoms with Gasteiger partial charge in [0.25, 0.3) is 0 Å². The lowest BCUT2D eigenvalue weighted by Crippen LogP contribution is -2.28. The van der Waals surface area contributed by atoms with Crippen LogP contribution in [0.3, 0.4) is 0 Å². The highest BCUT2D eigenvalue weighted by atomic mass is 32.2. The van der Waals surface area contributed by atoms with E-state index in [-0.39, 0.29) is 23.1 Å². The zero-order valence-corrected chi connectivity index (χ0v) is 18.5. The van der Waals surface area contributed by atoms with E-state index >= 15 is 0 Å². The molecule has 1 unspecified atom stereocenters. The summed E-state index contributed by atoms with van der Waals surface area (Å²) in [6.45, 7) is 0.